The minimum Gasteiger partial charge on any atom is -0.326 e. The van der Waals surface area contributed by atoms with Gasteiger partial charge in [0.15, 0.2) is 0 Å². The Morgan fingerprint density at radius 3 is 2.74 bits per heavy atom. The van der Waals surface area contributed by atoms with E-state index in [4.69, 9.17) is 10.7 Å². The molecule has 0 aliphatic carbocycles. The molecule has 0 amide bonds. The molecular weight excluding hydrogens is 252 g/mol. The van der Waals surface area contributed by atoms with Crippen LogP contribution in [0.4, 0.5) is 0 Å². The number of hydrogen-bond donors (Lipinski definition) is 1. The molecule has 0 saturated heterocycles. The number of nitrogens with two attached hydrogens (primary N) is 1. The van der Waals surface area contributed by atoms with E-state index in [1.807, 2.05) is 0 Å². The van der Waals surface area contributed by atoms with Gasteiger partial charge in [0.25, 0.3) is 0 Å². The lowest BCUT2D eigenvalue weighted by Gasteiger charge is -2.02. The van der Waals surface area contributed by atoms with Crippen molar-refractivity contribution < 1.29 is 0 Å². The van der Waals surface area contributed by atoms with Crippen LogP contribution in [-0.4, -0.2) is 4.98 Å². The van der Waals surface area contributed by atoms with Crippen LogP contribution in [0.1, 0.15) is 40.6 Å². The summed E-state index contributed by atoms with van der Waals surface area (Å²) in [5, 5.41) is 1.18. The number of nitrogens with zero attached hydrogens (tertiary/aromatic N) is 1. The van der Waals surface area contributed by atoms with Crippen molar-refractivity contribution in [1.29, 1.82) is 0 Å². The van der Waals surface area contributed by atoms with Crippen molar-refractivity contribution in [3.63, 3.8) is 0 Å². The highest BCUT2D eigenvalue weighted by Crippen LogP contribution is 2.23. The number of hydrogen-bond acceptors (Lipinski definition) is 3. The van der Waals surface area contributed by atoms with E-state index in [-0.39, 0.29) is 0 Å². The largest absolute Gasteiger partial charge is 0.326 e. The molecule has 2 aromatic rings. The zero-order valence-electron chi connectivity index (χ0n) is 11.9. The molecule has 1 aromatic heterocycles. The summed E-state index contributed by atoms with van der Waals surface area (Å²) in [6.07, 6.45) is 1.94. The molecule has 0 unspecified atom stereocenters. The van der Waals surface area contributed by atoms with Crippen LogP contribution >= 0.6 is 11.3 Å². The normalized spacial score (nSPS) is 11.2. The fourth-order valence-corrected chi connectivity index (χ4v) is 3.22. The van der Waals surface area contributed by atoms with Crippen LogP contribution in [0.15, 0.2) is 24.3 Å². The van der Waals surface area contributed by atoms with Gasteiger partial charge in [-0.1, -0.05) is 43.7 Å². The Morgan fingerprint density at radius 1 is 1.32 bits per heavy atom. The summed E-state index contributed by atoms with van der Waals surface area (Å²) in [6.45, 7) is 7.17. The Kier molecular flexibility index (Phi) is 4.72. The van der Waals surface area contributed by atoms with Crippen LogP contribution in [-0.2, 0) is 19.4 Å². The van der Waals surface area contributed by atoms with Crippen molar-refractivity contribution in [1.82, 2.24) is 4.98 Å². The van der Waals surface area contributed by atoms with Crippen LogP contribution in [0.25, 0.3) is 0 Å². The van der Waals surface area contributed by atoms with Crippen molar-refractivity contribution in [3.8, 4) is 0 Å². The molecule has 0 atom stereocenters. The van der Waals surface area contributed by atoms with Crippen LogP contribution in [0.2, 0.25) is 0 Å². The predicted molar refractivity (Wildman–Crippen MR) is 82.5 cm³/mol. The Morgan fingerprint density at radius 2 is 2.11 bits per heavy atom. The lowest BCUT2D eigenvalue weighted by molar-refractivity contribution is 0.632. The fraction of sp³-hybridized carbons (Fsp3) is 0.438. The molecule has 3 heteroatoms. The molecule has 0 spiro atoms. The second-order valence-corrected chi connectivity index (χ2v) is 6.61. The molecule has 1 aromatic carbocycles. The first-order valence-electron chi connectivity index (χ1n) is 6.81. The van der Waals surface area contributed by atoms with Gasteiger partial charge in [-0.3, -0.25) is 0 Å². The van der Waals surface area contributed by atoms with E-state index < -0.39 is 0 Å². The number of benzene rings is 1. The van der Waals surface area contributed by atoms with E-state index in [9.17, 15) is 0 Å². The van der Waals surface area contributed by atoms with Gasteiger partial charge in [-0.15, -0.1) is 11.3 Å². The van der Waals surface area contributed by atoms with Gasteiger partial charge < -0.3 is 5.73 Å². The highest BCUT2D eigenvalue weighted by atomic mass is 32.1. The highest BCUT2D eigenvalue weighted by Gasteiger charge is 2.11. The third-order valence-corrected chi connectivity index (χ3v) is 4.17. The lowest BCUT2D eigenvalue weighted by atomic mass is 10.1. The molecule has 2 nitrogen and oxygen atoms in total. The zero-order valence-corrected chi connectivity index (χ0v) is 12.8. The second kappa shape index (κ2) is 6.31. The van der Waals surface area contributed by atoms with Crippen LogP contribution in [0.3, 0.4) is 0 Å². The van der Waals surface area contributed by atoms with Crippen molar-refractivity contribution >= 4 is 11.3 Å². The highest BCUT2D eigenvalue weighted by molar-refractivity contribution is 7.11. The van der Waals surface area contributed by atoms with Crippen LogP contribution < -0.4 is 5.73 Å². The first kappa shape index (κ1) is 14.2. The van der Waals surface area contributed by atoms with Gasteiger partial charge in [0.1, 0.15) is 0 Å². The molecule has 19 heavy (non-hydrogen) atoms. The second-order valence-electron chi connectivity index (χ2n) is 5.45. The molecule has 2 rings (SSSR count). The maximum absolute atomic E-state index is 5.83. The maximum atomic E-state index is 5.83. The van der Waals surface area contributed by atoms with E-state index in [1.54, 1.807) is 11.3 Å². The van der Waals surface area contributed by atoms with E-state index in [1.165, 1.54) is 26.7 Å². The fourth-order valence-electron chi connectivity index (χ4n) is 2.21. The van der Waals surface area contributed by atoms with Crippen molar-refractivity contribution in [2.24, 2.45) is 11.7 Å². The minimum atomic E-state index is 0.605. The average molecular weight is 274 g/mol. The van der Waals surface area contributed by atoms with Gasteiger partial charge in [0, 0.05) is 17.8 Å². The maximum Gasteiger partial charge on any atom is 0.0975 e. The predicted octanol–water partition coefficient (Wildman–Crippen LogP) is 3.70. The smallest absolute Gasteiger partial charge is 0.0975 e. The topological polar surface area (TPSA) is 38.9 Å². The molecule has 2 N–H and O–H groups in total. The summed E-state index contributed by atoms with van der Waals surface area (Å²) in [5.41, 5.74) is 9.66. The van der Waals surface area contributed by atoms with Crippen molar-refractivity contribution in [2.45, 2.75) is 40.2 Å². The molecule has 1 heterocycles. The molecule has 0 fully saturated rings. The number of thiazole rings is 1. The molecule has 0 aliphatic heterocycles. The first-order valence-corrected chi connectivity index (χ1v) is 7.63. The van der Waals surface area contributed by atoms with Gasteiger partial charge in [0.05, 0.1) is 10.7 Å². The summed E-state index contributed by atoms with van der Waals surface area (Å²) in [7, 11) is 0. The summed E-state index contributed by atoms with van der Waals surface area (Å²) in [4.78, 5) is 6.03. The van der Waals surface area contributed by atoms with Gasteiger partial charge in [-0.2, -0.15) is 0 Å². The third-order valence-electron chi connectivity index (χ3n) is 3.05. The Balaban J connectivity index is 2.19. The van der Waals surface area contributed by atoms with Gasteiger partial charge in [-0.25, -0.2) is 4.98 Å². The number of aromatic nitrogens is 1. The van der Waals surface area contributed by atoms with Crippen molar-refractivity contribution in [2.75, 3.05) is 0 Å². The molecule has 102 valence electrons. The molecule has 0 radical (unpaired) electrons. The molecular formula is C16H22N2S. The molecule has 0 saturated carbocycles. The van der Waals surface area contributed by atoms with E-state index in [2.05, 4.69) is 45.0 Å². The van der Waals surface area contributed by atoms with Gasteiger partial charge in [0.2, 0.25) is 0 Å². The molecule has 0 bridgehead atoms. The van der Waals surface area contributed by atoms with E-state index in [0.717, 1.165) is 12.8 Å². The van der Waals surface area contributed by atoms with Crippen molar-refractivity contribution in [3.05, 3.63) is 51.0 Å². The van der Waals surface area contributed by atoms with Gasteiger partial charge in [-0.05, 0) is 24.8 Å². The minimum absolute atomic E-state index is 0.605. The summed E-state index contributed by atoms with van der Waals surface area (Å²) < 4.78 is 0. The first-order chi connectivity index (χ1) is 9.08. The molecule has 0 aliphatic rings. The third kappa shape index (κ3) is 3.88. The number of rotatable bonds is 5. The van der Waals surface area contributed by atoms with E-state index >= 15 is 0 Å². The monoisotopic (exact) mass is 274 g/mol. The van der Waals surface area contributed by atoms with Crippen LogP contribution in [0.5, 0.6) is 0 Å². The Hall–Kier alpha value is -1.19. The summed E-state index contributed by atoms with van der Waals surface area (Å²) >= 11 is 1.77. The number of aryl methyl sites for hydroxylation is 1. The lowest BCUT2D eigenvalue weighted by Crippen LogP contribution is -2.02. The standard InChI is InChI=1S/C16H22N2S/c1-11(2)7-14-15(10-17)19-16(18-14)9-13-6-4-5-12(3)8-13/h4-6,8,11H,7,9-10,17H2,1-3H3. The Labute approximate surface area is 119 Å². The van der Waals surface area contributed by atoms with Crippen LogP contribution in [0, 0.1) is 12.8 Å². The average Bonchev–Trinajstić information content (AvgIpc) is 2.70. The van der Waals surface area contributed by atoms with Gasteiger partial charge >= 0.3 is 0 Å². The Bertz CT molecular complexity index is 543. The summed E-state index contributed by atoms with van der Waals surface area (Å²) in [5.74, 6) is 0.624. The summed E-state index contributed by atoms with van der Waals surface area (Å²) in [6, 6.07) is 8.63. The zero-order chi connectivity index (χ0) is 13.8. The van der Waals surface area contributed by atoms with E-state index in [0.29, 0.717) is 12.5 Å². The SMILES string of the molecule is Cc1cccc(Cc2nc(CC(C)C)c(CN)s2)c1. The quantitative estimate of drug-likeness (QED) is 0.903.